The van der Waals surface area contributed by atoms with E-state index in [9.17, 15) is 4.39 Å². The van der Waals surface area contributed by atoms with Crippen molar-refractivity contribution in [2.45, 2.75) is 31.7 Å². The molecule has 0 amide bonds. The number of ether oxygens (including phenoxy) is 2. The van der Waals surface area contributed by atoms with Gasteiger partial charge >= 0.3 is 0 Å². The first-order valence-corrected chi connectivity index (χ1v) is 6.87. The number of halogens is 2. The van der Waals surface area contributed by atoms with Gasteiger partial charge in [0, 0.05) is 6.04 Å². The summed E-state index contributed by atoms with van der Waals surface area (Å²) in [6.45, 7) is 0.993. The maximum Gasteiger partial charge on any atom is 0.182 e. The smallest absolute Gasteiger partial charge is 0.182 e. The molecule has 106 valence electrons. The van der Waals surface area contributed by atoms with Crippen LogP contribution in [0.2, 0.25) is 5.02 Å². The maximum absolute atomic E-state index is 14.2. The number of nitrogens with one attached hydrogen (secondary N) is 1. The Hall–Kier alpha value is -1.00. The summed E-state index contributed by atoms with van der Waals surface area (Å²) in [4.78, 5) is 0. The van der Waals surface area contributed by atoms with Crippen molar-refractivity contribution < 1.29 is 13.9 Å². The zero-order valence-electron chi connectivity index (χ0n) is 11.3. The second kappa shape index (κ2) is 6.44. The number of methoxy groups -OCH3 is 2. The second-order valence-corrected chi connectivity index (χ2v) is 5.13. The zero-order valence-corrected chi connectivity index (χ0v) is 12.0. The van der Waals surface area contributed by atoms with Crippen LogP contribution in [0.15, 0.2) is 6.07 Å². The molecule has 1 fully saturated rings. The van der Waals surface area contributed by atoms with Crippen molar-refractivity contribution in [3.05, 3.63) is 22.5 Å². The molecule has 1 aromatic rings. The Kier molecular flexibility index (Phi) is 4.88. The maximum atomic E-state index is 14.2. The third kappa shape index (κ3) is 3.12. The van der Waals surface area contributed by atoms with Crippen molar-refractivity contribution in [3.63, 3.8) is 0 Å². The molecule has 1 heterocycles. The van der Waals surface area contributed by atoms with Gasteiger partial charge < -0.3 is 14.8 Å². The largest absolute Gasteiger partial charge is 0.493 e. The first-order valence-electron chi connectivity index (χ1n) is 6.49. The first-order chi connectivity index (χ1) is 9.17. The molecule has 2 rings (SSSR count). The Morgan fingerprint density at radius 2 is 2.16 bits per heavy atom. The SMILES string of the molecule is COc1cc(CC2CCCCN2)c(F)c(Cl)c1OC. The van der Waals surface area contributed by atoms with Crippen molar-refractivity contribution in [1.82, 2.24) is 5.32 Å². The number of piperidine rings is 1. The van der Waals surface area contributed by atoms with E-state index in [1.54, 1.807) is 6.07 Å². The van der Waals surface area contributed by atoms with Crippen molar-refractivity contribution in [3.8, 4) is 11.5 Å². The summed E-state index contributed by atoms with van der Waals surface area (Å²) in [5, 5.41) is 3.39. The fourth-order valence-electron chi connectivity index (χ4n) is 2.49. The van der Waals surface area contributed by atoms with Gasteiger partial charge in [0.15, 0.2) is 11.5 Å². The highest BCUT2D eigenvalue weighted by Gasteiger charge is 2.21. The van der Waals surface area contributed by atoms with Crippen LogP contribution in [0.3, 0.4) is 0 Å². The van der Waals surface area contributed by atoms with Gasteiger partial charge in [0.2, 0.25) is 0 Å². The van der Waals surface area contributed by atoms with E-state index in [1.165, 1.54) is 27.1 Å². The number of rotatable bonds is 4. The molecule has 1 saturated heterocycles. The van der Waals surface area contributed by atoms with Gasteiger partial charge in [-0.25, -0.2) is 4.39 Å². The highest BCUT2D eigenvalue weighted by Crippen LogP contribution is 2.39. The second-order valence-electron chi connectivity index (χ2n) is 4.75. The number of benzene rings is 1. The minimum absolute atomic E-state index is 0.00680. The fourth-order valence-corrected chi connectivity index (χ4v) is 2.78. The molecule has 1 unspecified atom stereocenters. The number of hydrogen-bond donors (Lipinski definition) is 1. The minimum atomic E-state index is -0.410. The van der Waals surface area contributed by atoms with Crippen LogP contribution in [0.1, 0.15) is 24.8 Å². The molecule has 0 bridgehead atoms. The van der Waals surface area contributed by atoms with Crippen LogP contribution in [0, 0.1) is 5.82 Å². The van der Waals surface area contributed by atoms with Crippen LogP contribution < -0.4 is 14.8 Å². The van der Waals surface area contributed by atoms with E-state index < -0.39 is 5.82 Å². The summed E-state index contributed by atoms with van der Waals surface area (Å²) < 4.78 is 24.5. The summed E-state index contributed by atoms with van der Waals surface area (Å²) in [6, 6.07) is 1.98. The van der Waals surface area contributed by atoms with Crippen molar-refractivity contribution in [2.24, 2.45) is 0 Å². The fraction of sp³-hybridized carbons (Fsp3) is 0.571. The molecule has 1 aromatic carbocycles. The van der Waals surface area contributed by atoms with Crippen LogP contribution in [0.25, 0.3) is 0 Å². The Bertz CT molecular complexity index is 448. The predicted molar refractivity (Wildman–Crippen MR) is 73.9 cm³/mol. The van der Waals surface area contributed by atoms with Crippen molar-refractivity contribution in [2.75, 3.05) is 20.8 Å². The molecule has 3 nitrogen and oxygen atoms in total. The standard InChI is InChI=1S/C14H19ClFNO2/c1-18-11-8-9(7-10-5-3-4-6-17-10)13(16)12(15)14(11)19-2/h8,10,17H,3-7H2,1-2H3. The van der Waals surface area contributed by atoms with Gasteiger partial charge in [-0.2, -0.15) is 0 Å². The van der Waals surface area contributed by atoms with E-state index in [1.807, 2.05) is 0 Å². The highest BCUT2D eigenvalue weighted by atomic mass is 35.5. The molecular weight excluding hydrogens is 269 g/mol. The first kappa shape index (κ1) is 14.4. The highest BCUT2D eigenvalue weighted by molar-refractivity contribution is 6.32. The van der Waals surface area contributed by atoms with Gasteiger partial charge in [0.1, 0.15) is 10.8 Å². The van der Waals surface area contributed by atoms with E-state index in [4.69, 9.17) is 21.1 Å². The lowest BCUT2D eigenvalue weighted by Crippen LogP contribution is -2.35. The third-order valence-corrected chi connectivity index (χ3v) is 3.84. The van der Waals surface area contributed by atoms with E-state index in [2.05, 4.69) is 5.32 Å². The molecular formula is C14H19ClFNO2. The molecule has 0 radical (unpaired) electrons. The van der Waals surface area contributed by atoms with Crippen LogP contribution in [0.4, 0.5) is 4.39 Å². The molecule has 1 atom stereocenters. The Morgan fingerprint density at radius 3 is 2.74 bits per heavy atom. The lowest BCUT2D eigenvalue weighted by Gasteiger charge is -2.24. The van der Waals surface area contributed by atoms with Gasteiger partial charge in [-0.3, -0.25) is 0 Å². The average molecular weight is 288 g/mol. The molecule has 1 N–H and O–H groups in total. The lowest BCUT2D eigenvalue weighted by molar-refractivity contribution is 0.350. The lowest BCUT2D eigenvalue weighted by atomic mass is 9.97. The molecule has 0 aromatic heterocycles. The molecule has 1 aliphatic heterocycles. The summed E-state index contributed by atoms with van der Waals surface area (Å²) in [5.41, 5.74) is 0.571. The van der Waals surface area contributed by atoms with Gasteiger partial charge in [0.05, 0.1) is 14.2 Å². The van der Waals surface area contributed by atoms with E-state index in [0.717, 1.165) is 13.0 Å². The normalized spacial score (nSPS) is 19.3. The van der Waals surface area contributed by atoms with Crippen LogP contribution in [0.5, 0.6) is 11.5 Å². The van der Waals surface area contributed by atoms with E-state index in [0.29, 0.717) is 23.8 Å². The Labute approximate surface area is 118 Å². The van der Waals surface area contributed by atoms with Crippen molar-refractivity contribution in [1.29, 1.82) is 0 Å². The number of hydrogen-bond acceptors (Lipinski definition) is 3. The Morgan fingerprint density at radius 1 is 1.37 bits per heavy atom. The molecule has 19 heavy (non-hydrogen) atoms. The van der Waals surface area contributed by atoms with Crippen LogP contribution >= 0.6 is 11.6 Å². The van der Waals surface area contributed by atoms with Gasteiger partial charge in [0.25, 0.3) is 0 Å². The molecule has 0 saturated carbocycles. The van der Waals surface area contributed by atoms with Crippen molar-refractivity contribution >= 4 is 11.6 Å². The Balaban J connectivity index is 2.26. The zero-order chi connectivity index (χ0) is 13.8. The van der Waals surface area contributed by atoms with E-state index >= 15 is 0 Å². The predicted octanol–water partition coefficient (Wildman–Crippen LogP) is 3.18. The molecule has 0 aliphatic carbocycles. The summed E-state index contributed by atoms with van der Waals surface area (Å²) >= 11 is 6.00. The minimum Gasteiger partial charge on any atom is -0.493 e. The van der Waals surface area contributed by atoms with Gasteiger partial charge in [-0.15, -0.1) is 0 Å². The van der Waals surface area contributed by atoms with E-state index in [-0.39, 0.29) is 10.8 Å². The van der Waals surface area contributed by atoms with Gasteiger partial charge in [-0.05, 0) is 37.4 Å². The van der Waals surface area contributed by atoms with Crippen LogP contribution in [-0.4, -0.2) is 26.8 Å². The molecule has 1 aliphatic rings. The summed E-state index contributed by atoms with van der Waals surface area (Å²) in [5.74, 6) is 0.313. The topological polar surface area (TPSA) is 30.5 Å². The third-order valence-electron chi connectivity index (χ3n) is 3.51. The summed E-state index contributed by atoms with van der Waals surface area (Å²) in [7, 11) is 2.97. The monoisotopic (exact) mass is 287 g/mol. The quantitative estimate of drug-likeness (QED) is 0.923. The summed E-state index contributed by atoms with van der Waals surface area (Å²) in [6.07, 6.45) is 4.04. The molecule has 0 spiro atoms. The molecule has 5 heteroatoms. The van der Waals surface area contributed by atoms with Gasteiger partial charge in [-0.1, -0.05) is 18.0 Å². The van der Waals surface area contributed by atoms with Crippen LogP contribution in [-0.2, 0) is 6.42 Å². The average Bonchev–Trinajstić information content (AvgIpc) is 2.45.